The number of anilines is 1. The second kappa shape index (κ2) is 9.98. The lowest BCUT2D eigenvalue weighted by Gasteiger charge is -2.43. The van der Waals surface area contributed by atoms with Gasteiger partial charge in [-0.25, -0.2) is 9.18 Å². The normalized spacial score (nSPS) is 21.1. The minimum atomic E-state index is -5.03. The molecule has 1 saturated carbocycles. The van der Waals surface area contributed by atoms with Crippen molar-refractivity contribution in [3.05, 3.63) is 64.2 Å². The van der Waals surface area contributed by atoms with Crippen LogP contribution in [-0.4, -0.2) is 18.2 Å². The Balaban J connectivity index is 1.88. The summed E-state index contributed by atoms with van der Waals surface area (Å²) in [6.07, 6.45) is -9.36. The molecular weight excluding hydrogens is 529 g/mol. The lowest BCUT2D eigenvalue weighted by Crippen LogP contribution is -2.48. The van der Waals surface area contributed by atoms with Crippen LogP contribution in [0.15, 0.2) is 36.4 Å². The summed E-state index contributed by atoms with van der Waals surface area (Å²) < 4.78 is 102. The first-order valence-electron chi connectivity index (χ1n) is 12.8. The number of amides is 1. The van der Waals surface area contributed by atoms with E-state index in [9.17, 15) is 35.5 Å². The molecule has 3 atom stereocenters. The van der Waals surface area contributed by atoms with E-state index in [0.29, 0.717) is 23.4 Å². The SMILES string of the molecule is CC(C)OC(=O)N1c2ccc(C(C)(C)F)cc2[C@H]([C@H](N)c2cc(C(F)(F)F)cc(C(F)(F)F)c2)C[C@H]1C1CC1. The Bertz CT molecular complexity index is 1200. The minimum Gasteiger partial charge on any atom is -0.446 e. The Hall–Kier alpha value is -2.82. The molecule has 0 spiro atoms. The number of alkyl halides is 7. The molecule has 1 heterocycles. The topological polar surface area (TPSA) is 55.6 Å². The van der Waals surface area contributed by atoms with Gasteiger partial charge in [0.25, 0.3) is 0 Å². The van der Waals surface area contributed by atoms with Crippen LogP contribution in [0.25, 0.3) is 0 Å². The van der Waals surface area contributed by atoms with Crippen molar-refractivity contribution in [2.24, 2.45) is 11.7 Å². The molecule has 0 unspecified atom stereocenters. The van der Waals surface area contributed by atoms with Crippen molar-refractivity contribution in [2.45, 2.75) is 89.1 Å². The molecular formula is C28H31F7N2O2. The van der Waals surface area contributed by atoms with Crippen LogP contribution >= 0.6 is 0 Å². The molecule has 4 nitrogen and oxygen atoms in total. The summed E-state index contributed by atoms with van der Waals surface area (Å²) in [5.74, 6) is -0.724. The Labute approximate surface area is 222 Å². The second-order valence-electron chi connectivity index (χ2n) is 11.2. The molecule has 2 aromatic rings. The third kappa shape index (κ3) is 6.18. The first-order chi connectivity index (χ1) is 17.9. The molecule has 0 saturated heterocycles. The number of ether oxygens (including phenoxy) is 1. The van der Waals surface area contributed by atoms with Crippen LogP contribution in [0.2, 0.25) is 0 Å². The van der Waals surface area contributed by atoms with E-state index in [4.69, 9.17) is 10.5 Å². The fourth-order valence-electron chi connectivity index (χ4n) is 5.23. The Kier molecular flexibility index (Phi) is 7.46. The summed E-state index contributed by atoms with van der Waals surface area (Å²) in [6.45, 7) is 6.03. The highest BCUT2D eigenvalue weighted by Crippen LogP contribution is 2.51. The van der Waals surface area contributed by atoms with Crippen LogP contribution in [0.3, 0.4) is 0 Å². The molecule has 2 aliphatic rings. The van der Waals surface area contributed by atoms with E-state index < -0.39 is 59.3 Å². The van der Waals surface area contributed by atoms with Gasteiger partial charge in [0.15, 0.2) is 0 Å². The molecule has 214 valence electrons. The number of hydrogen-bond acceptors (Lipinski definition) is 3. The zero-order chi connectivity index (χ0) is 29.1. The van der Waals surface area contributed by atoms with Gasteiger partial charge < -0.3 is 10.5 Å². The monoisotopic (exact) mass is 560 g/mol. The van der Waals surface area contributed by atoms with Gasteiger partial charge in [0.2, 0.25) is 0 Å². The van der Waals surface area contributed by atoms with Crippen molar-refractivity contribution in [2.75, 3.05) is 4.90 Å². The Morgan fingerprint density at radius 2 is 1.49 bits per heavy atom. The van der Waals surface area contributed by atoms with Crippen LogP contribution in [0.4, 0.5) is 41.2 Å². The zero-order valence-corrected chi connectivity index (χ0v) is 22.0. The van der Waals surface area contributed by atoms with Gasteiger partial charge in [0, 0.05) is 18.0 Å². The van der Waals surface area contributed by atoms with Gasteiger partial charge in [-0.1, -0.05) is 12.1 Å². The molecule has 0 aromatic heterocycles. The molecule has 2 aromatic carbocycles. The maximum Gasteiger partial charge on any atom is 0.416 e. The quantitative estimate of drug-likeness (QED) is 0.375. The number of nitrogens with two attached hydrogens (primary N) is 1. The average molecular weight is 561 g/mol. The predicted molar refractivity (Wildman–Crippen MR) is 132 cm³/mol. The van der Waals surface area contributed by atoms with Crippen molar-refractivity contribution >= 4 is 11.8 Å². The van der Waals surface area contributed by atoms with Crippen LogP contribution in [0, 0.1) is 5.92 Å². The number of nitrogens with zero attached hydrogens (tertiary/aromatic N) is 1. The summed E-state index contributed by atoms with van der Waals surface area (Å²) in [5.41, 5.74) is 2.39. The molecule has 1 amide bonds. The van der Waals surface area contributed by atoms with Crippen LogP contribution in [0.5, 0.6) is 0 Å². The number of fused-ring (bicyclic) bond motifs is 1. The van der Waals surface area contributed by atoms with Crippen molar-refractivity contribution < 1.29 is 40.3 Å². The molecule has 2 N–H and O–H groups in total. The fourth-order valence-corrected chi connectivity index (χ4v) is 5.23. The van der Waals surface area contributed by atoms with Gasteiger partial charge in [-0.2, -0.15) is 26.3 Å². The lowest BCUT2D eigenvalue weighted by atomic mass is 9.76. The van der Waals surface area contributed by atoms with Crippen LogP contribution in [0.1, 0.15) is 86.7 Å². The molecule has 0 bridgehead atoms. The lowest BCUT2D eigenvalue weighted by molar-refractivity contribution is -0.143. The number of carbonyl (C=O) groups excluding carboxylic acids is 1. The van der Waals surface area contributed by atoms with Gasteiger partial charge in [0.1, 0.15) is 5.67 Å². The van der Waals surface area contributed by atoms with E-state index in [0.717, 1.165) is 12.8 Å². The maximum absolute atomic E-state index is 15.0. The van der Waals surface area contributed by atoms with Gasteiger partial charge in [-0.15, -0.1) is 0 Å². The molecule has 0 radical (unpaired) electrons. The summed E-state index contributed by atoms with van der Waals surface area (Å²) in [5, 5.41) is 0. The highest BCUT2D eigenvalue weighted by Gasteiger charge is 2.47. The van der Waals surface area contributed by atoms with Crippen molar-refractivity contribution in [3.8, 4) is 0 Å². The van der Waals surface area contributed by atoms with E-state index in [1.54, 1.807) is 19.9 Å². The zero-order valence-electron chi connectivity index (χ0n) is 22.0. The number of benzene rings is 2. The van der Waals surface area contributed by atoms with Gasteiger partial charge in [-0.05, 0) is 93.8 Å². The van der Waals surface area contributed by atoms with E-state index in [-0.39, 0.29) is 29.5 Å². The van der Waals surface area contributed by atoms with Crippen LogP contribution < -0.4 is 10.6 Å². The first-order valence-corrected chi connectivity index (χ1v) is 12.8. The number of hydrogen-bond donors (Lipinski definition) is 1. The minimum absolute atomic E-state index is 0.0609. The molecule has 1 aliphatic carbocycles. The van der Waals surface area contributed by atoms with E-state index >= 15 is 0 Å². The number of rotatable bonds is 5. The maximum atomic E-state index is 15.0. The van der Waals surface area contributed by atoms with E-state index in [1.165, 1.54) is 30.9 Å². The van der Waals surface area contributed by atoms with Crippen molar-refractivity contribution in [3.63, 3.8) is 0 Å². The number of halogens is 7. The Morgan fingerprint density at radius 3 is 1.95 bits per heavy atom. The van der Waals surface area contributed by atoms with Gasteiger partial charge >= 0.3 is 18.4 Å². The molecule has 1 fully saturated rings. The predicted octanol–water partition coefficient (Wildman–Crippen LogP) is 8.25. The molecule has 39 heavy (non-hydrogen) atoms. The highest BCUT2D eigenvalue weighted by molar-refractivity contribution is 5.90. The second-order valence-corrected chi connectivity index (χ2v) is 11.2. The van der Waals surface area contributed by atoms with Crippen molar-refractivity contribution in [1.29, 1.82) is 0 Å². The largest absolute Gasteiger partial charge is 0.446 e. The first kappa shape index (κ1) is 29.2. The highest BCUT2D eigenvalue weighted by atomic mass is 19.4. The summed E-state index contributed by atoms with van der Waals surface area (Å²) in [4.78, 5) is 14.7. The number of carbonyl (C=O) groups is 1. The summed E-state index contributed by atoms with van der Waals surface area (Å²) in [6, 6.07) is 4.16. The smallest absolute Gasteiger partial charge is 0.416 e. The summed E-state index contributed by atoms with van der Waals surface area (Å²) >= 11 is 0. The molecule has 11 heteroatoms. The third-order valence-electron chi connectivity index (χ3n) is 7.33. The molecule has 4 rings (SSSR count). The third-order valence-corrected chi connectivity index (χ3v) is 7.33. The van der Waals surface area contributed by atoms with Gasteiger partial charge in [0.05, 0.1) is 22.9 Å². The standard InChI is InChI=1S/C28H31F7N2O2/c1-14(2)39-25(38)37-22-8-7-17(26(3,4)29)12-20(22)21(13-23(37)15-5-6-15)24(36)16-9-18(27(30,31)32)11-19(10-16)28(33,34)35/h7-12,14-15,21,23-24H,5-6,13,36H2,1-4H3/t21-,23+,24-/m1/s1. The van der Waals surface area contributed by atoms with Crippen LogP contribution in [-0.2, 0) is 22.8 Å². The van der Waals surface area contributed by atoms with Gasteiger partial charge in [-0.3, -0.25) is 4.90 Å². The average Bonchev–Trinajstić information content (AvgIpc) is 3.65. The summed E-state index contributed by atoms with van der Waals surface area (Å²) in [7, 11) is 0. The molecule has 1 aliphatic heterocycles. The fraction of sp³-hybridized carbons (Fsp3) is 0.536. The Morgan fingerprint density at radius 1 is 0.923 bits per heavy atom. The van der Waals surface area contributed by atoms with E-state index in [1.807, 2.05) is 0 Å². The van der Waals surface area contributed by atoms with Crippen molar-refractivity contribution in [1.82, 2.24) is 0 Å². The van der Waals surface area contributed by atoms with E-state index in [2.05, 4.69) is 0 Å².